The topological polar surface area (TPSA) is 36.7 Å². The number of hydrogen-bond donors (Lipinski definition) is 0. The molecule has 120 valence electrons. The summed E-state index contributed by atoms with van der Waals surface area (Å²) >= 11 is 1.84. The minimum atomic E-state index is 0.681. The van der Waals surface area contributed by atoms with Crippen LogP contribution in [-0.2, 0) is 12.8 Å². The van der Waals surface area contributed by atoms with Gasteiger partial charge in [-0.15, -0.1) is 11.3 Å². The summed E-state index contributed by atoms with van der Waals surface area (Å²) in [5.74, 6) is 0. The summed E-state index contributed by atoms with van der Waals surface area (Å²) in [6.07, 6.45) is 6.93. The number of hydrogen-bond acceptors (Lipinski definition) is 3. The van der Waals surface area contributed by atoms with Crippen LogP contribution in [0.3, 0.4) is 0 Å². The predicted octanol–water partition coefficient (Wildman–Crippen LogP) is 5.87. The van der Waals surface area contributed by atoms with E-state index in [1.54, 1.807) is 0 Å². The van der Waals surface area contributed by atoms with Gasteiger partial charge in [0.25, 0.3) is 0 Å². The molecule has 3 heteroatoms. The van der Waals surface area contributed by atoms with Gasteiger partial charge < -0.3 is 0 Å². The van der Waals surface area contributed by atoms with Gasteiger partial charge in [0.05, 0.1) is 22.0 Å². The molecule has 2 aromatic carbocycles. The molecule has 0 aliphatic heterocycles. The third kappa shape index (κ3) is 2.33. The summed E-state index contributed by atoms with van der Waals surface area (Å²) in [6, 6.07) is 16.8. The zero-order valence-electron chi connectivity index (χ0n) is 13.7. The van der Waals surface area contributed by atoms with Crippen LogP contribution in [-0.4, -0.2) is 4.98 Å². The van der Waals surface area contributed by atoms with Crippen LogP contribution in [0.25, 0.3) is 31.4 Å². The van der Waals surface area contributed by atoms with Crippen molar-refractivity contribution in [3.8, 4) is 17.3 Å². The number of fused-ring (bicyclic) bond motifs is 4. The lowest BCUT2D eigenvalue weighted by molar-refractivity contribution is 0.687. The molecule has 0 saturated heterocycles. The maximum atomic E-state index is 9.01. The Hall–Kier alpha value is -2.70. The van der Waals surface area contributed by atoms with Crippen molar-refractivity contribution in [1.82, 2.24) is 4.98 Å². The van der Waals surface area contributed by atoms with E-state index in [9.17, 15) is 0 Å². The summed E-state index contributed by atoms with van der Waals surface area (Å²) in [5, 5.41) is 11.7. The number of aromatic nitrogens is 1. The molecule has 4 aromatic rings. The molecule has 0 bridgehead atoms. The summed E-state index contributed by atoms with van der Waals surface area (Å²) in [7, 11) is 0. The summed E-state index contributed by atoms with van der Waals surface area (Å²) < 4.78 is 2.60. The summed E-state index contributed by atoms with van der Waals surface area (Å²) in [6.45, 7) is 0. The minimum Gasteiger partial charge on any atom is -0.255 e. The second-order valence-electron chi connectivity index (χ2n) is 6.65. The van der Waals surface area contributed by atoms with E-state index in [1.807, 2.05) is 41.8 Å². The molecule has 5 rings (SSSR count). The fraction of sp³-hybridized carbons (Fsp3) is 0.182. The molecule has 0 unspecified atom stereocenters. The highest BCUT2D eigenvalue weighted by Crippen LogP contribution is 2.40. The van der Waals surface area contributed by atoms with E-state index >= 15 is 0 Å². The maximum absolute atomic E-state index is 9.01. The van der Waals surface area contributed by atoms with E-state index in [0.717, 1.165) is 11.3 Å². The van der Waals surface area contributed by atoms with Gasteiger partial charge in [-0.3, -0.25) is 4.98 Å². The van der Waals surface area contributed by atoms with Crippen LogP contribution in [0.2, 0.25) is 0 Å². The highest BCUT2D eigenvalue weighted by molar-refractivity contribution is 7.26. The Bertz CT molecular complexity index is 1150. The molecule has 2 heterocycles. The van der Waals surface area contributed by atoms with Crippen molar-refractivity contribution in [3.05, 3.63) is 65.4 Å². The van der Waals surface area contributed by atoms with Gasteiger partial charge in [-0.05, 0) is 67.1 Å². The minimum absolute atomic E-state index is 0.681. The number of rotatable bonds is 1. The fourth-order valence-electron chi connectivity index (χ4n) is 3.84. The third-order valence-corrected chi connectivity index (χ3v) is 6.31. The standard InChI is InChI=1S/C22H16N2S/c23-13-14-5-7-15(8-6-14)21-22-18(9-10-24-21)19-11-16-3-1-2-4-17(16)12-20(19)25-22/h5-12H,1-4H2. The molecule has 0 amide bonds. The molecule has 2 aromatic heterocycles. The van der Waals surface area contributed by atoms with Crippen LogP contribution in [0.15, 0.2) is 48.7 Å². The molecule has 0 N–H and O–H groups in total. The molecule has 0 radical (unpaired) electrons. The number of pyridine rings is 1. The van der Waals surface area contributed by atoms with Crippen LogP contribution in [0, 0.1) is 11.3 Å². The SMILES string of the molecule is N#Cc1ccc(-c2nccc3c2sc2cc4c(cc23)CCCC4)cc1. The zero-order valence-corrected chi connectivity index (χ0v) is 14.6. The molecule has 0 saturated carbocycles. The average molecular weight is 340 g/mol. The van der Waals surface area contributed by atoms with Gasteiger partial charge >= 0.3 is 0 Å². The fourth-order valence-corrected chi connectivity index (χ4v) is 5.09. The van der Waals surface area contributed by atoms with Crippen molar-refractivity contribution >= 4 is 31.5 Å². The number of nitriles is 1. The largest absolute Gasteiger partial charge is 0.255 e. The smallest absolute Gasteiger partial charge is 0.0991 e. The van der Waals surface area contributed by atoms with Crippen LogP contribution >= 0.6 is 11.3 Å². The van der Waals surface area contributed by atoms with E-state index in [4.69, 9.17) is 5.26 Å². The molecule has 0 spiro atoms. The monoisotopic (exact) mass is 340 g/mol. The molecule has 2 nitrogen and oxygen atoms in total. The first-order chi connectivity index (χ1) is 12.3. The zero-order chi connectivity index (χ0) is 16.8. The predicted molar refractivity (Wildman–Crippen MR) is 104 cm³/mol. The molecule has 1 aliphatic rings. The molecule has 0 atom stereocenters. The second-order valence-corrected chi connectivity index (χ2v) is 7.70. The maximum Gasteiger partial charge on any atom is 0.0991 e. The number of benzene rings is 2. The van der Waals surface area contributed by atoms with Crippen LogP contribution in [0.1, 0.15) is 29.5 Å². The van der Waals surface area contributed by atoms with Gasteiger partial charge in [-0.1, -0.05) is 12.1 Å². The van der Waals surface area contributed by atoms with Gasteiger partial charge in [-0.2, -0.15) is 5.26 Å². The number of thiophene rings is 1. The van der Waals surface area contributed by atoms with Gasteiger partial charge in [0.2, 0.25) is 0 Å². The molecule has 25 heavy (non-hydrogen) atoms. The Morgan fingerprint density at radius 2 is 1.68 bits per heavy atom. The van der Waals surface area contributed by atoms with Crippen molar-refractivity contribution in [2.45, 2.75) is 25.7 Å². The van der Waals surface area contributed by atoms with Crippen molar-refractivity contribution in [1.29, 1.82) is 5.26 Å². The molecular weight excluding hydrogens is 324 g/mol. The Morgan fingerprint density at radius 1 is 0.920 bits per heavy atom. The van der Waals surface area contributed by atoms with E-state index in [-0.39, 0.29) is 0 Å². The highest BCUT2D eigenvalue weighted by Gasteiger charge is 2.15. The average Bonchev–Trinajstić information content (AvgIpc) is 3.04. The first-order valence-corrected chi connectivity index (χ1v) is 9.49. The van der Waals surface area contributed by atoms with Gasteiger partial charge in [0, 0.05) is 27.2 Å². The van der Waals surface area contributed by atoms with Crippen LogP contribution in [0.4, 0.5) is 0 Å². The van der Waals surface area contributed by atoms with Gasteiger partial charge in [-0.25, -0.2) is 0 Å². The third-order valence-electron chi connectivity index (χ3n) is 5.14. The van der Waals surface area contributed by atoms with Crippen molar-refractivity contribution in [3.63, 3.8) is 0 Å². The van der Waals surface area contributed by atoms with E-state index in [0.29, 0.717) is 5.56 Å². The normalized spacial score (nSPS) is 13.7. The molecular formula is C22H16N2S. The van der Waals surface area contributed by atoms with Crippen molar-refractivity contribution in [2.24, 2.45) is 0 Å². The summed E-state index contributed by atoms with van der Waals surface area (Å²) in [4.78, 5) is 4.65. The van der Waals surface area contributed by atoms with Crippen LogP contribution in [0.5, 0.6) is 0 Å². The Kier molecular flexibility index (Phi) is 3.33. The lowest BCUT2D eigenvalue weighted by atomic mass is 9.90. The van der Waals surface area contributed by atoms with E-state index in [2.05, 4.69) is 29.3 Å². The lowest BCUT2D eigenvalue weighted by Gasteiger charge is -2.15. The molecule has 0 fully saturated rings. The number of nitrogens with zero attached hydrogens (tertiary/aromatic N) is 2. The Balaban J connectivity index is 1.76. The quantitative estimate of drug-likeness (QED) is 0.435. The highest BCUT2D eigenvalue weighted by atomic mass is 32.1. The van der Waals surface area contributed by atoms with E-state index < -0.39 is 0 Å². The second kappa shape index (κ2) is 5.68. The summed E-state index contributed by atoms with van der Waals surface area (Å²) in [5.41, 5.74) is 5.82. The van der Waals surface area contributed by atoms with E-state index in [1.165, 1.54) is 57.0 Å². The van der Waals surface area contributed by atoms with Crippen molar-refractivity contribution < 1.29 is 0 Å². The number of aryl methyl sites for hydroxylation is 2. The van der Waals surface area contributed by atoms with Crippen LogP contribution < -0.4 is 0 Å². The Morgan fingerprint density at radius 3 is 2.44 bits per heavy atom. The Labute approximate surface area is 150 Å². The lowest BCUT2D eigenvalue weighted by Crippen LogP contribution is -2.01. The van der Waals surface area contributed by atoms with Gasteiger partial charge in [0.15, 0.2) is 0 Å². The van der Waals surface area contributed by atoms with Crippen molar-refractivity contribution in [2.75, 3.05) is 0 Å². The first kappa shape index (κ1) is 14.6. The first-order valence-electron chi connectivity index (χ1n) is 8.67. The van der Waals surface area contributed by atoms with Gasteiger partial charge in [0.1, 0.15) is 0 Å². The molecule has 1 aliphatic carbocycles.